The quantitative estimate of drug-likeness (QED) is 0.891. The summed E-state index contributed by atoms with van der Waals surface area (Å²) < 4.78 is 5.40. The topological polar surface area (TPSA) is 47.0 Å². The highest BCUT2D eigenvalue weighted by atomic mass is 35.5. The summed E-state index contributed by atoms with van der Waals surface area (Å²) in [4.78, 5) is 9.20. The summed E-state index contributed by atoms with van der Waals surface area (Å²) in [6.07, 6.45) is 0. The van der Waals surface area contributed by atoms with Crippen LogP contribution in [0.3, 0.4) is 0 Å². The highest BCUT2D eigenvalue weighted by Gasteiger charge is 2.16. The standard InChI is InChI=1S/C16H20ClN3O/c1-5-18-14-9-12(10(2)3)19-16(20-14)15-11(17)7-6-8-13(15)21-4/h6-10H,5H2,1-4H3,(H,18,19,20). The lowest BCUT2D eigenvalue weighted by molar-refractivity contribution is 0.416. The Hall–Kier alpha value is -1.81. The Labute approximate surface area is 130 Å². The Morgan fingerprint density at radius 2 is 2.05 bits per heavy atom. The van der Waals surface area contributed by atoms with Gasteiger partial charge in [0, 0.05) is 18.3 Å². The SMILES string of the molecule is CCNc1cc(C(C)C)nc(-c2c(Cl)cccc2OC)n1. The summed E-state index contributed by atoms with van der Waals surface area (Å²) in [5.74, 6) is 2.36. The Kier molecular flexibility index (Phi) is 5.02. The van der Waals surface area contributed by atoms with Crippen LogP contribution in [-0.2, 0) is 0 Å². The summed E-state index contributed by atoms with van der Waals surface area (Å²) >= 11 is 6.32. The normalized spacial score (nSPS) is 10.8. The molecule has 0 radical (unpaired) electrons. The maximum atomic E-state index is 6.32. The lowest BCUT2D eigenvalue weighted by atomic mass is 10.1. The van der Waals surface area contributed by atoms with E-state index in [1.54, 1.807) is 7.11 Å². The van der Waals surface area contributed by atoms with Gasteiger partial charge < -0.3 is 10.1 Å². The second-order valence-corrected chi connectivity index (χ2v) is 5.41. The van der Waals surface area contributed by atoms with Gasteiger partial charge in [0.1, 0.15) is 11.6 Å². The van der Waals surface area contributed by atoms with Crippen molar-refractivity contribution in [3.05, 3.63) is 35.0 Å². The number of halogens is 1. The molecular weight excluding hydrogens is 286 g/mol. The number of ether oxygens (including phenoxy) is 1. The second-order valence-electron chi connectivity index (χ2n) is 5.00. The number of hydrogen-bond donors (Lipinski definition) is 1. The molecule has 0 saturated carbocycles. The molecule has 1 N–H and O–H groups in total. The van der Waals surface area contributed by atoms with Gasteiger partial charge in [-0.1, -0.05) is 31.5 Å². The molecule has 0 bridgehead atoms. The first-order valence-electron chi connectivity index (χ1n) is 7.02. The van der Waals surface area contributed by atoms with Crippen LogP contribution in [0.25, 0.3) is 11.4 Å². The molecule has 0 fully saturated rings. The van der Waals surface area contributed by atoms with E-state index in [2.05, 4.69) is 29.1 Å². The Morgan fingerprint density at radius 3 is 2.67 bits per heavy atom. The van der Waals surface area contributed by atoms with Crippen molar-refractivity contribution in [2.75, 3.05) is 19.0 Å². The Morgan fingerprint density at radius 1 is 1.29 bits per heavy atom. The van der Waals surface area contributed by atoms with Gasteiger partial charge in [0.2, 0.25) is 0 Å². The van der Waals surface area contributed by atoms with Crippen molar-refractivity contribution in [3.63, 3.8) is 0 Å². The zero-order valence-corrected chi connectivity index (χ0v) is 13.5. The predicted molar refractivity (Wildman–Crippen MR) is 87.3 cm³/mol. The first kappa shape index (κ1) is 15.6. The van der Waals surface area contributed by atoms with Gasteiger partial charge in [-0.15, -0.1) is 0 Å². The largest absolute Gasteiger partial charge is 0.496 e. The molecule has 0 unspecified atom stereocenters. The van der Waals surface area contributed by atoms with E-state index in [9.17, 15) is 0 Å². The van der Waals surface area contributed by atoms with E-state index in [1.807, 2.05) is 31.2 Å². The lowest BCUT2D eigenvalue weighted by Crippen LogP contribution is -2.05. The van der Waals surface area contributed by atoms with Gasteiger partial charge in [-0.25, -0.2) is 9.97 Å². The maximum absolute atomic E-state index is 6.32. The van der Waals surface area contributed by atoms with Crippen molar-refractivity contribution in [2.24, 2.45) is 0 Å². The number of benzene rings is 1. The highest BCUT2D eigenvalue weighted by molar-refractivity contribution is 6.33. The number of nitrogens with zero attached hydrogens (tertiary/aromatic N) is 2. The third-order valence-corrected chi connectivity index (χ3v) is 3.43. The smallest absolute Gasteiger partial charge is 0.167 e. The van der Waals surface area contributed by atoms with E-state index in [0.717, 1.165) is 23.6 Å². The summed E-state index contributed by atoms with van der Waals surface area (Å²) in [5, 5.41) is 3.82. The maximum Gasteiger partial charge on any atom is 0.167 e. The molecular formula is C16H20ClN3O. The molecule has 4 nitrogen and oxygen atoms in total. The first-order chi connectivity index (χ1) is 10.1. The van der Waals surface area contributed by atoms with Gasteiger partial charge in [-0.3, -0.25) is 0 Å². The first-order valence-corrected chi connectivity index (χ1v) is 7.40. The van der Waals surface area contributed by atoms with Crippen LogP contribution in [0.5, 0.6) is 5.75 Å². The van der Waals surface area contributed by atoms with Crippen molar-refractivity contribution < 1.29 is 4.74 Å². The van der Waals surface area contributed by atoms with E-state index in [0.29, 0.717) is 22.5 Å². The monoisotopic (exact) mass is 305 g/mol. The number of methoxy groups -OCH3 is 1. The molecule has 5 heteroatoms. The lowest BCUT2D eigenvalue weighted by Gasteiger charge is -2.14. The van der Waals surface area contributed by atoms with Crippen LogP contribution >= 0.6 is 11.6 Å². The van der Waals surface area contributed by atoms with Crippen LogP contribution in [-0.4, -0.2) is 23.6 Å². The van der Waals surface area contributed by atoms with Crippen LogP contribution in [0, 0.1) is 0 Å². The molecule has 0 amide bonds. The number of aromatic nitrogens is 2. The number of nitrogens with one attached hydrogen (secondary N) is 1. The zero-order valence-electron chi connectivity index (χ0n) is 12.8. The third-order valence-electron chi connectivity index (χ3n) is 3.11. The minimum atomic E-state index is 0.303. The molecule has 2 rings (SSSR count). The fourth-order valence-corrected chi connectivity index (χ4v) is 2.29. The summed E-state index contributed by atoms with van der Waals surface area (Å²) in [6, 6.07) is 7.50. The molecule has 0 aliphatic carbocycles. The molecule has 0 aliphatic rings. The van der Waals surface area contributed by atoms with Gasteiger partial charge >= 0.3 is 0 Å². The Balaban J connectivity index is 2.62. The van der Waals surface area contributed by atoms with Gasteiger partial charge in [0.15, 0.2) is 5.82 Å². The van der Waals surface area contributed by atoms with Crippen molar-refractivity contribution in [3.8, 4) is 17.1 Å². The molecule has 0 atom stereocenters. The molecule has 1 aromatic heterocycles. The average Bonchev–Trinajstić information content (AvgIpc) is 2.46. The average molecular weight is 306 g/mol. The van der Waals surface area contributed by atoms with Crippen LogP contribution in [0.15, 0.2) is 24.3 Å². The van der Waals surface area contributed by atoms with Gasteiger partial charge in [-0.05, 0) is 25.0 Å². The van der Waals surface area contributed by atoms with Crippen molar-refractivity contribution in [1.29, 1.82) is 0 Å². The fourth-order valence-electron chi connectivity index (χ4n) is 2.04. The number of hydrogen-bond acceptors (Lipinski definition) is 4. The second kappa shape index (κ2) is 6.76. The predicted octanol–water partition coefficient (Wildman–Crippen LogP) is 4.36. The van der Waals surface area contributed by atoms with E-state index in [1.165, 1.54) is 0 Å². The minimum absolute atomic E-state index is 0.303. The molecule has 1 aromatic carbocycles. The van der Waals surface area contributed by atoms with Crippen LogP contribution in [0.4, 0.5) is 5.82 Å². The zero-order chi connectivity index (χ0) is 15.4. The van der Waals surface area contributed by atoms with Crippen molar-refractivity contribution in [1.82, 2.24) is 9.97 Å². The van der Waals surface area contributed by atoms with Crippen molar-refractivity contribution in [2.45, 2.75) is 26.7 Å². The fraction of sp³-hybridized carbons (Fsp3) is 0.375. The summed E-state index contributed by atoms with van der Waals surface area (Å²) in [5.41, 5.74) is 1.70. The molecule has 2 aromatic rings. The van der Waals surface area contributed by atoms with Crippen molar-refractivity contribution >= 4 is 17.4 Å². The van der Waals surface area contributed by atoms with E-state index in [-0.39, 0.29) is 0 Å². The van der Waals surface area contributed by atoms with Gasteiger partial charge in [-0.2, -0.15) is 0 Å². The van der Waals surface area contributed by atoms with E-state index >= 15 is 0 Å². The van der Waals surface area contributed by atoms with Gasteiger partial charge in [0.25, 0.3) is 0 Å². The van der Waals surface area contributed by atoms with Crippen LogP contribution in [0.1, 0.15) is 32.4 Å². The number of rotatable bonds is 5. The molecule has 1 heterocycles. The summed E-state index contributed by atoms with van der Waals surface area (Å²) in [7, 11) is 1.62. The third kappa shape index (κ3) is 3.45. The highest BCUT2D eigenvalue weighted by Crippen LogP contribution is 2.35. The minimum Gasteiger partial charge on any atom is -0.496 e. The van der Waals surface area contributed by atoms with Crippen LogP contribution in [0.2, 0.25) is 5.02 Å². The van der Waals surface area contributed by atoms with Gasteiger partial charge in [0.05, 0.1) is 17.7 Å². The molecule has 0 spiro atoms. The van der Waals surface area contributed by atoms with Crippen LogP contribution < -0.4 is 10.1 Å². The number of anilines is 1. The molecule has 0 saturated heterocycles. The molecule has 112 valence electrons. The van der Waals surface area contributed by atoms with E-state index in [4.69, 9.17) is 16.3 Å². The van der Waals surface area contributed by atoms with E-state index < -0.39 is 0 Å². The Bertz CT molecular complexity index is 629. The molecule has 0 aliphatic heterocycles. The molecule has 21 heavy (non-hydrogen) atoms. The summed E-state index contributed by atoms with van der Waals surface area (Å²) in [6.45, 7) is 7.04.